The fourth-order valence-corrected chi connectivity index (χ4v) is 3.02. The number of hydrogen-bond donors (Lipinski definition) is 2. The summed E-state index contributed by atoms with van der Waals surface area (Å²) in [5.74, 6) is 0. The van der Waals surface area contributed by atoms with Gasteiger partial charge in [-0.2, -0.15) is 0 Å². The summed E-state index contributed by atoms with van der Waals surface area (Å²) in [6.45, 7) is 9.17. The highest BCUT2D eigenvalue weighted by atomic mass is 79.9. The fraction of sp³-hybridized carbons (Fsp3) is 0.643. The normalized spacial score (nSPS) is 13.1. The van der Waals surface area contributed by atoms with Crippen molar-refractivity contribution in [1.82, 2.24) is 10.6 Å². The molecule has 0 aliphatic rings. The molecule has 1 unspecified atom stereocenters. The highest BCUT2D eigenvalue weighted by Gasteiger charge is 2.15. The number of ether oxygens (including phenoxy) is 1. The second-order valence-corrected chi connectivity index (χ2v) is 8.09. The van der Waals surface area contributed by atoms with E-state index >= 15 is 0 Å². The van der Waals surface area contributed by atoms with Crippen LogP contribution in [-0.4, -0.2) is 24.8 Å². The number of carbonyl (C=O) groups is 1. The van der Waals surface area contributed by atoms with E-state index in [-0.39, 0.29) is 6.09 Å². The Morgan fingerprint density at radius 2 is 2.10 bits per heavy atom. The Morgan fingerprint density at radius 3 is 2.65 bits per heavy atom. The molecule has 0 radical (unpaired) electrons. The highest BCUT2D eigenvalue weighted by Crippen LogP contribution is 2.26. The van der Waals surface area contributed by atoms with Crippen molar-refractivity contribution in [1.29, 1.82) is 0 Å². The Bertz CT molecular complexity index is 429. The third kappa shape index (κ3) is 7.26. The van der Waals surface area contributed by atoms with E-state index in [1.54, 1.807) is 11.3 Å². The third-order valence-electron chi connectivity index (χ3n) is 2.49. The molecule has 1 aromatic heterocycles. The minimum Gasteiger partial charge on any atom is -0.444 e. The monoisotopic (exact) mass is 362 g/mol. The van der Waals surface area contributed by atoms with Gasteiger partial charge in [0.1, 0.15) is 5.60 Å². The topological polar surface area (TPSA) is 50.4 Å². The molecule has 6 heteroatoms. The molecule has 20 heavy (non-hydrogen) atoms. The molecule has 1 aromatic rings. The van der Waals surface area contributed by atoms with Crippen molar-refractivity contribution in [2.45, 2.75) is 45.8 Å². The van der Waals surface area contributed by atoms with Gasteiger partial charge in [-0.1, -0.05) is 0 Å². The largest absolute Gasteiger partial charge is 0.444 e. The molecule has 0 fully saturated rings. The van der Waals surface area contributed by atoms with Gasteiger partial charge < -0.3 is 15.4 Å². The van der Waals surface area contributed by atoms with Gasteiger partial charge in [-0.05, 0) is 68.7 Å². The van der Waals surface area contributed by atoms with E-state index in [0.29, 0.717) is 12.6 Å². The molecule has 2 N–H and O–H groups in total. The van der Waals surface area contributed by atoms with Crippen LogP contribution in [0.5, 0.6) is 0 Å². The van der Waals surface area contributed by atoms with Crippen molar-refractivity contribution in [2.75, 3.05) is 13.1 Å². The molecule has 0 aromatic carbocycles. The van der Waals surface area contributed by atoms with Crippen LogP contribution in [0.1, 0.15) is 45.0 Å². The van der Waals surface area contributed by atoms with Gasteiger partial charge in [-0.25, -0.2) is 4.79 Å². The quantitative estimate of drug-likeness (QED) is 0.749. The number of halogens is 1. The van der Waals surface area contributed by atoms with Crippen LogP contribution in [0.2, 0.25) is 0 Å². The molecule has 0 bridgehead atoms. The van der Waals surface area contributed by atoms with Crippen LogP contribution >= 0.6 is 27.3 Å². The molecule has 0 spiro atoms. The zero-order chi connectivity index (χ0) is 15.2. The van der Waals surface area contributed by atoms with Gasteiger partial charge in [0.05, 0.1) is 3.79 Å². The van der Waals surface area contributed by atoms with Crippen LogP contribution in [0.3, 0.4) is 0 Å². The minimum absolute atomic E-state index is 0.327. The van der Waals surface area contributed by atoms with Crippen molar-refractivity contribution in [2.24, 2.45) is 0 Å². The molecule has 0 saturated carbocycles. The Kier molecular flexibility index (Phi) is 6.99. The Hall–Kier alpha value is -0.590. The SMILES string of the molecule is CC(NCCCNC(=O)OC(C)(C)C)c1ccc(Br)s1. The van der Waals surface area contributed by atoms with Crippen molar-refractivity contribution in [3.05, 3.63) is 20.8 Å². The number of thiophene rings is 1. The van der Waals surface area contributed by atoms with Crippen LogP contribution in [0, 0.1) is 0 Å². The number of amides is 1. The second-order valence-electron chi connectivity index (χ2n) is 5.60. The molecule has 1 atom stereocenters. The molecule has 0 aliphatic heterocycles. The summed E-state index contributed by atoms with van der Waals surface area (Å²) < 4.78 is 6.31. The molecule has 1 amide bonds. The van der Waals surface area contributed by atoms with Gasteiger partial charge in [-0.3, -0.25) is 0 Å². The van der Waals surface area contributed by atoms with Gasteiger partial charge in [0.15, 0.2) is 0 Å². The molecular weight excluding hydrogens is 340 g/mol. The van der Waals surface area contributed by atoms with E-state index < -0.39 is 5.60 Å². The number of alkyl carbamates (subject to hydrolysis) is 1. The summed E-state index contributed by atoms with van der Waals surface area (Å²) in [4.78, 5) is 12.7. The van der Waals surface area contributed by atoms with Gasteiger partial charge in [0.25, 0.3) is 0 Å². The highest BCUT2D eigenvalue weighted by molar-refractivity contribution is 9.11. The second kappa shape index (κ2) is 8.00. The molecule has 4 nitrogen and oxygen atoms in total. The number of nitrogens with one attached hydrogen (secondary N) is 2. The van der Waals surface area contributed by atoms with E-state index in [9.17, 15) is 4.79 Å². The number of rotatable bonds is 6. The third-order valence-corrected chi connectivity index (χ3v) is 4.30. The average Bonchev–Trinajstić information content (AvgIpc) is 2.73. The lowest BCUT2D eigenvalue weighted by Gasteiger charge is -2.19. The van der Waals surface area contributed by atoms with Crippen molar-refractivity contribution >= 4 is 33.4 Å². The van der Waals surface area contributed by atoms with Crippen molar-refractivity contribution < 1.29 is 9.53 Å². The molecule has 0 aliphatic carbocycles. The Labute approximate surface area is 133 Å². The van der Waals surface area contributed by atoms with Gasteiger partial charge >= 0.3 is 6.09 Å². The predicted octanol–water partition coefficient (Wildman–Crippen LogP) is 4.08. The molecular formula is C14H23BrN2O2S. The van der Waals surface area contributed by atoms with Crippen LogP contribution in [0.15, 0.2) is 15.9 Å². The van der Waals surface area contributed by atoms with Gasteiger partial charge in [-0.15, -0.1) is 11.3 Å². The first kappa shape index (κ1) is 17.5. The molecule has 1 rings (SSSR count). The maximum absolute atomic E-state index is 11.4. The summed E-state index contributed by atoms with van der Waals surface area (Å²) >= 11 is 5.20. The number of hydrogen-bond acceptors (Lipinski definition) is 4. The van der Waals surface area contributed by atoms with E-state index in [1.807, 2.05) is 20.8 Å². The van der Waals surface area contributed by atoms with Crippen LogP contribution in [-0.2, 0) is 4.74 Å². The maximum atomic E-state index is 11.4. The van der Waals surface area contributed by atoms with Gasteiger partial charge in [0, 0.05) is 17.5 Å². The zero-order valence-corrected chi connectivity index (χ0v) is 14.9. The lowest BCUT2D eigenvalue weighted by molar-refractivity contribution is 0.0527. The lowest BCUT2D eigenvalue weighted by atomic mass is 10.2. The summed E-state index contributed by atoms with van der Waals surface area (Å²) in [6, 6.07) is 4.50. The first-order valence-electron chi connectivity index (χ1n) is 6.73. The lowest BCUT2D eigenvalue weighted by Crippen LogP contribution is -2.34. The van der Waals surface area contributed by atoms with Crippen molar-refractivity contribution in [3.63, 3.8) is 0 Å². The van der Waals surface area contributed by atoms with Gasteiger partial charge in [0.2, 0.25) is 0 Å². The Balaban J connectivity index is 2.12. The number of carbonyl (C=O) groups excluding carboxylic acids is 1. The van der Waals surface area contributed by atoms with Crippen LogP contribution in [0.4, 0.5) is 4.79 Å². The summed E-state index contributed by atoms with van der Waals surface area (Å²) in [6.07, 6.45) is 0.517. The first-order chi connectivity index (χ1) is 9.28. The fourth-order valence-electron chi connectivity index (χ4n) is 1.57. The van der Waals surface area contributed by atoms with E-state index in [0.717, 1.165) is 16.8 Å². The maximum Gasteiger partial charge on any atom is 0.407 e. The summed E-state index contributed by atoms with van der Waals surface area (Å²) in [5.41, 5.74) is -0.441. The Morgan fingerprint density at radius 1 is 1.40 bits per heavy atom. The van der Waals surface area contributed by atoms with E-state index in [4.69, 9.17) is 4.74 Å². The molecule has 1 heterocycles. The molecule has 114 valence electrons. The van der Waals surface area contributed by atoms with E-state index in [1.165, 1.54) is 4.88 Å². The summed E-state index contributed by atoms with van der Waals surface area (Å²) in [7, 11) is 0. The van der Waals surface area contributed by atoms with E-state index in [2.05, 4.69) is 45.6 Å². The van der Waals surface area contributed by atoms with Crippen LogP contribution in [0.25, 0.3) is 0 Å². The standard InChI is InChI=1S/C14H23BrN2O2S/c1-10(11-6-7-12(15)20-11)16-8-5-9-17-13(18)19-14(2,3)4/h6-7,10,16H,5,8-9H2,1-4H3,(H,17,18). The smallest absolute Gasteiger partial charge is 0.407 e. The van der Waals surface area contributed by atoms with Crippen LogP contribution < -0.4 is 10.6 Å². The predicted molar refractivity (Wildman–Crippen MR) is 87.3 cm³/mol. The minimum atomic E-state index is -0.441. The molecule has 0 saturated heterocycles. The zero-order valence-electron chi connectivity index (χ0n) is 12.5. The van der Waals surface area contributed by atoms with Crippen molar-refractivity contribution in [3.8, 4) is 0 Å². The average molecular weight is 363 g/mol. The first-order valence-corrected chi connectivity index (χ1v) is 8.34. The summed E-state index contributed by atoms with van der Waals surface area (Å²) in [5, 5.41) is 6.18.